The summed E-state index contributed by atoms with van der Waals surface area (Å²) in [6.45, 7) is -0.120. The molecule has 0 aromatic heterocycles. The molecular weight excluding hydrogens is 478 g/mol. The molecule has 26 heavy (non-hydrogen) atoms. The van der Waals surface area contributed by atoms with E-state index in [0.717, 1.165) is 12.1 Å². The van der Waals surface area contributed by atoms with Gasteiger partial charge in [0.05, 0.1) is 23.5 Å². The van der Waals surface area contributed by atoms with Crippen LogP contribution in [0, 0.1) is 0 Å². The van der Waals surface area contributed by atoms with Crippen LogP contribution in [-0.2, 0) is 6.18 Å². The SMILES string of the molecule is FC(F)(F)c1ccc(C2=NCC(C(Cl)(Cl)Cl)=NC(C(Cl)(Cl)Cl)=CC2)cc1. The molecule has 0 N–H and O–H groups in total. The van der Waals surface area contributed by atoms with E-state index in [1.54, 1.807) is 0 Å². The number of nitrogens with zero attached hydrogens (tertiary/aromatic N) is 2. The monoisotopic (exact) mass is 484 g/mol. The first-order valence-corrected chi connectivity index (χ1v) is 9.18. The number of rotatable bonds is 1. The molecule has 1 heterocycles. The van der Waals surface area contributed by atoms with Gasteiger partial charge in [-0.25, -0.2) is 0 Å². The zero-order valence-corrected chi connectivity index (χ0v) is 17.1. The molecule has 0 bridgehead atoms. The Labute approximate surface area is 177 Å². The number of alkyl halides is 9. The molecule has 2 nitrogen and oxygen atoms in total. The van der Waals surface area contributed by atoms with Crippen LogP contribution in [0.15, 0.2) is 46.0 Å². The fourth-order valence-corrected chi connectivity index (χ4v) is 2.71. The first-order chi connectivity index (χ1) is 11.8. The minimum Gasteiger partial charge on any atom is -0.283 e. The van der Waals surface area contributed by atoms with Crippen LogP contribution < -0.4 is 0 Å². The third-order valence-corrected chi connectivity index (χ3v) is 4.56. The van der Waals surface area contributed by atoms with Gasteiger partial charge in [-0.1, -0.05) is 87.8 Å². The van der Waals surface area contributed by atoms with Crippen molar-refractivity contribution in [2.24, 2.45) is 9.98 Å². The molecule has 0 spiro atoms. The summed E-state index contributed by atoms with van der Waals surface area (Å²) in [4.78, 5) is 8.37. The second-order valence-electron chi connectivity index (χ2n) is 5.19. The Morgan fingerprint density at radius 2 is 1.42 bits per heavy atom. The molecule has 1 aliphatic rings. The molecule has 0 atom stereocenters. The molecule has 0 saturated heterocycles. The first-order valence-electron chi connectivity index (χ1n) is 6.91. The van der Waals surface area contributed by atoms with Crippen molar-refractivity contribution in [3.05, 3.63) is 47.2 Å². The van der Waals surface area contributed by atoms with E-state index in [1.165, 1.54) is 18.2 Å². The molecule has 1 aliphatic heterocycles. The lowest BCUT2D eigenvalue weighted by Crippen LogP contribution is -2.25. The smallest absolute Gasteiger partial charge is 0.283 e. The molecule has 11 heteroatoms. The predicted octanol–water partition coefficient (Wildman–Crippen LogP) is 6.96. The maximum atomic E-state index is 12.7. The summed E-state index contributed by atoms with van der Waals surface area (Å²) in [5.41, 5.74) is 0.177. The Morgan fingerprint density at radius 3 is 1.88 bits per heavy atom. The lowest BCUT2D eigenvalue weighted by molar-refractivity contribution is -0.137. The molecule has 0 amide bonds. The summed E-state index contributed by atoms with van der Waals surface area (Å²) in [6, 6.07) is 4.52. The van der Waals surface area contributed by atoms with Gasteiger partial charge in [0.2, 0.25) is 7.59 Å². The van der Waals surface area contributed by atoms with Gasteiger partial charge in [-0.3, -0.25) is 9.98 Å². The third kappa shape index (κ3) is 5.91. The van der Waals surface area contributed by atoms with Crippen molar-refractivity contribution in [3.63, 3.8) is 0 Å². The Morgan fingerprint density at radius 1 is 0.846 bits per heavy atom. The lowest BCUT2D eigenvalue weighted by atomic mass is 10.0. The predicted molar refractivity (Wildman–Crippen MR) is 104 cm³/mol. The third-order valence-electron chi connectivity index (χ3n) is 3.33. The highest BCUT2D eigenvalue weighted by Crippen LogP contribution is 2.38. The molecule has 142 valence electrons. The van der Waals surface area contributed by atoms with E-state index < -0.39 is 19.3 Å². The summed E-state index contributed by atoms with van der Waals surface area (Å²) in [5, 5.41) is 0. The van der Waals surface area contributed by atoms with Gasteiger partial charge in [-0.05, 0) is 17.7 Å². The zero-order chi connectivity index (χ0) is 19.8. The molecule has 1 aromatic carbocycles. The Bertz CT molecular complexity index is 756. The van der Waals surface area contributed by atoms with Crippen LogP contribution in [0.2, 0.25) is 0 Å². The highest BCUT2D eigenvalue weighted by atomic mass is 35.6. The molecule has 1 aromatic rings. The quantitative estimate of drug-likeness (QED) is 0.383. The van der Waals surface area contributed by atoms with E-state index >= 15 is 0 Å². The fourth-order valence-electron chi connectivity index (χ4n) is 2.05. The van der Waals surface area contributed by atoms with Crippen LogP contribution in [0.5, 0.6) is 0 Å². The first kappa shape index (κ1) is 22.1. The van der Waals surface area contributed by atoms with Crippen LogP contribution in [0.1, 0.15) is 17.5 Å². The molecular formula is C15H9Cl6F3N2. The van der Waals surface area contributed by atoms with Gasteiger partial charge in [-0.15, -0.1) is 0 Å². The van der Waals surface area contributed by atoms with Crippen molar-refractivity contribution < 1.29 is 13.2 Å². The molecule has 0 radical (unpaired) electrons. The van der Waals surface area contributed by atoms with Crippen molar-refractivity contribution in [3.8, 4) is 0 Å². The summed E-state index contributed by atoms with van der Waals surface area (Å²) >= 11 is 35.2. The number of hydrogen-bond donors (Lipinski definition) is 0. The van der Waals surface area contributed by atoms with E-state index in [-0.39, 0.29) is 24.4 Å². The van der Waals surface area contributed by atoms with Crippen LogP contribution >= 0.6 is 69.6 Å². The lowest BCUT2D eigenvalue weighted by Gasteiger charge is -2.20. The Hall–Kier alpha value is -0.170. The van der Waals surface area contributed by atoms with E-state index in [0.29, 0.717) is 11.3 Å². The summed E-state index contributed by atoms with van der Waals surface area (Å²) in [6.07, 6.45) is -2.79. The average Bonchev–Trinajstić information content (AvgIpc) is 2.43. The minimum atomic E-state index is -4.43. The van der Waals surface area contributed by atoms with Gasteiger partial charge >= 0.3 is 6.18 Å². The normalized spacial score (nSPS) is 17.0. The number of aliphatic imine (C=N–C) groups is 2. The van der Waals surface area contributed by atoms with E-state index in [1.807, 2.05) is 0 Å². The van der Waals surface area contributed by atoms with Crippen molar-refractivity contribution in [1.82, 2.24) is 0 Å². The van der Waals surface area contributed by atoms with Crippen molar-refractivity contribution in [2.75, 3.05) is 6.54 Å². The van der Waals surface area contributed by atoms with Gasteiger partial charge in [0.15, 0.2) is 0 Å². The fraction of sp³-hybridized carbons (Fsp3) is 0.333. The molecule has 2 rings (SSSR count). The van der Waals surface area contributed by atoms with Gasteiger partial charge in [0.1, 0.15) is 0 Å². The second kappa shape index (κ2) is 8.06. The van der Waals surface area contributed by atoms with E-state index in [4.69, 9.17) is 69.6 Å². The van der Waals surface area contributed by atoms with Crippen molar-refractivity contribution >= 4 is 81.0 Å². The van der Waals surface area contributed by atoms with Gasteiger partial charge in [0.25, 0.3) is 0 Å². The number of halogens is 9. The summed E-state index contributed by atoms with van der Waals surface area (Å²) < 4.78 is 34.3. The Kier molecular flexibility index (Phi) is 6.86. The van der Waals surface area contributed by atoms with Gasteiger partial charge in [-0.2, -0.15) is 13.2 Å². The zero-order valence-electron chi connectivity index (χ0n) is 12.6. The summed E-state index contributed by atoms with van der Waals surface area (Å²) in [7, 11) is 0. The van der Waals surface area contributed by atoms with Crippen LogP contribution in [0.25, 0.3) is 0 Å². The maximum absolute atomic E-state index is 12.7. The van der Waals surface area contributed by atoms with Crippen molar-refractivity contribution in [2.45, 2.75) is 20.2 Å². The van der Waals surface area contributed by atoms with Crippen molar-refractivity contribution in [1.29, 1.82) is 0 Å². The number of benzene rings is 1. The highest BCUT2D eigenvalue weighted by Gasteiger charge is 2.33. The minimum absolute atomic E-state index is 0.0178. The van der Waals surface area contributed by atoms with Crippen LogP contribution in [0.4, 0.5) is 13.2 Å². The number of allylic oxidation sites excluding steroid dienone is 2. The van der Waals surface area contributed by atoms with Crippen LogP contribution in [0.3, 0.4) is 0 Å². The molecule has 0 aliphatic carbocycles. The van der Waals surface area contributed by atoms with E-state index in [9.17, 15) is 13.2 Å². The average molecular weight is 487 g/mol. The summed E-state index contributed by atoms with van der Waals surface area (Å²) in [5.74, 6) is 0. The van der Waals surface area contributed by atoms with Gasteiger partial charge < -0.3 is 0 Å². The van der Waals surface area contributed by atoms with E-state index in [2.05, 4.69) is 9.98 Å². The second-order valence-corrected chi connectivity index (χ2v) is 9.75. The highest BCUT2D eigenvalue weighted by molar-refractivity contribution is 6.77. The van der Waals surface area contributed by atoms with Crippen LogP contribution in [-0.4, -0.2) is 25.6 Å². The largest absolute Gasteiger partial charge is 0.416 e. The number of hydrogen-bond acceptors (Lipinski definition) is 2. The Balaban J connectivity index is 2.43. The topological polar surface area (TPSA) is 24.7 Å². The molecule has 0 fully saturated rings. The van der Waals surface area contributed by atoms with Gasteiger partial charge in [0, 0.05) is 12.1 Å². The standard InChI is InChI=1S/C15H9Cl6F3N2/c16-13(17,18)11-6-5-10(25-7-12(26-11)14(19,20)21)8-1-3-9(4-2-8)15(22,23)24/h1-4,6H,5,7H2. The maximum Gasteiger partial charge on any atom is 0.416 e. The molecule has 0 saturated carbocycles. The molecule has 0 unspecified atom stereocenters.